The number of nitrogens with one attached hydrogen (secondary N) is 3. The second-order valence-corrected chi connectivity index (χ2v) is 10.4. The Balaban J connectivity index is 1.51. The van der Waals surface area contributed by atoms with E-state index < -0.39 is 0 Å². The first-order valence-corrected chi connectivity index (χ1v) is 12.7. The van der Waals surface area contributed by atoms with Crippen molar-refractivity contribution >= 4 is 17.4 Å². The smallest absolute Gasteiger partial charge is 0.259 e. The first kappa shape index (κ1) is 25.6. The van der Waals surface area contributed by atoms with Crippen LogP contribution in [0, 0.1) is 5.92 Å². The first-order valence-electron chi connectivity index (χ1n) is 12.7. The quantitative estimate of drug-likeness (QED) is 0.394. The monoisotopic (exact) mass is 487 g/mol. The van der Waals surface area contributed by atoms with Gasteiger partial charge in [0.25, 0.3) is 5.91 Å². The first-order chi connectivity index (χ1) is 17.3. The second kappa shape index (κ2) is 11.5. The third-order valence-corrected chi connectivity index (χ3v) is 6.67. The van der Waals surface area contributed by atoms with E-state index >= 15 is 0 Å². The normalized spacial score (nSPS) is 15.2. The van der Waals surface area contributed by atoms with Gasteiger partial charge in [-0.15, -0.1) is 0 Å². The molecule has 1 unspecified atom stereocenters. The van der Waals surface area contributed by atoms with Crippen molar-refractivity contribution in [2.75, 3.05) is 23.7 Å². The highest BCUT2D eigenvalue weighted by Gasteiger charge is 2.25. The van der Waals surface area contributed by atoms with E-state index in [0.29, 0.717) is 29.5 Å². The van der Waals surface area contributed by atoms with Gasteiger partial charge >= 0.3 is 0 Å². The van der Waals surface area contributed by atoms with E-state index in [-0.39, 0.29) is 17.4 Å². The molecule has 190 valence electrons. The molecule has 0 saturated carbocycles. The lowest BCUT2D eigenvalue weighted by molar-refractivity contribution is 0.102. The number of ether oxygens (including phenoxy) is 1. The van der Waals surface area contributed by atoms with E-state index in [1.165, 1.54) is 0 Å². The van der Waals surface area contributed by atoms with Gasteiger partial charge in [0, 0.05) is 36.9 Å². The number of nitrogens with zero attached hydrogens (tertiary/aromatic N) is 2. The summed E-state index contributed by atoms with van der Waals surface area (Å²) in [5, 5.41) is 9.74. The number of carbonyl (C=O) groups is 1. The molecule has 3 heterocycles. The molecule has 3 N–H and O–H groups in total. The Morgan fingerprint density at radius 1 is 1.11 bits per heavy atom. The molecule has 0 radical (unpaired) electrons. The van der Waals surface area contributed by atoms with Gasteiger partial charge in [-0.2, -0.15) is 0 Å². The lowest BCUT2D eigenvalue weighted by Crippen LogP contribution is -2.35. The minimum absolute atomic E-state index is 0.0842. The summed E-state index contributed by atoms with van der Waals surface area (Å²) >= 11 is 0. The number of carbonyl (C=O) groups excluding carboxylic acids is 1. The summed E-state index contributed by atoms with van der Waals surface area (Å²) < 4.78 is 6.54. The largest absolute Gasteiger partial charge is 0.490 e. The zero-order valence-electron chi connectivity index (χ0n) is 21.7. The van der Waals surface area contributed by atoms with Crippen LogP contribution in [0.5, 0.6) is 5.75 Å². The fraction of sp³-hybridized carbons (Fsp3) is 0.414. The van der Waals surface area contributed by atoms with Crippen molar-refractivity contribution in [2.24, 2.45) is 5.92 Å². The number of benzene rings is 1. The summed E-state index contributed by atoms with van der Waals surface area (Å²) in [6, 6.07) is 13.4. The number of piperidine rings is 1. The molecule has 7 heteroatoms. The van der Waals surface area contributed by atoms with E-state index in [2.05, 4.69) is 59.7 Å². The summed E-state index contributed by atoms with van der Waals surface area (Å²) in [7, 11) is 0. The highest BCUT2D eigenvalue weighted by Crippen LogP contribution is 2.35. The number of rotatable bonds is 8. The van der Waals surface area contributed by atoms with Gasteiger partial charge in [-0.3, -0.25) is 9.78 Å². The highest BCUT2D eigenvalue weighted by molar-refractivity contribution is 6.07. The number of hydrogen-bond donors (Lipinski definition) is 3. The summed E-state index contributed by atoms with van der Waals surface area (Å²) in [6.45, 7) is 11.3. The predicted molar refractivity (Wildman–Crippen MR) is 145 cm³/mol. The maximum atomic E-state index is 13.3. The molecule has 1 aromatic carbocycles. The number of amides is 1. The van der Waals surface area contributed by atoms with Crippen molar-refractivity contribution in [2.45, 2.75) is 58.6 Å². The lowest BCUT2D eigenvalue weighted by Gasteiger charge is -2.31. The molecule has 1 atom stereocenters. The number of aromatic nitrogens is 2. The minimum atomic E-state index is -0.221. The standard InChI is InChI=1S/C29H37N5O2/c1-20(22-11-16-31-17-12-22)36-26-18-23(7-8-25(26)29(2,3)4)34-28(35)24-6-5-13-32-27(24)33-19-21-9-14-30-15-10-21/h5-10,13-15,18,20,22,31H,11-12,16-17,19H2,1-4H3,(H,32,33)(H,34,35). The van der Waals surface area contributed by atoms with Gasteiger partial charge in [-0.1, -0.05) is 26.8 Å². The fourth-order valence-electron chi connectivity index (χ4n) is 4.54. The fourth-order valence-corrected chi connectivity index (χ4v) is 4.54. The molecule has 1 aliphatic rings. The SMILES string of the molecule is CC(Oc1cc(NC(=O)c2cccnc2NCc2ccncc2)ccc1C(C)(C)C)C1CCNCC1. The Bertz CT molecular complexity index is 1150. The maximum Gasteiger partial charge on any atom is 0.259 e. The predicted octanol–water partition coefficient (Wildman–Crippen LogP) is 5.41. The minimum Gasteiger partial charge on any atom is -0.490 e. The summed E-state index contributed by atoms with van der Waals surface area (Å²) in [5.74, 6) is 1.66. The molecule has 0 spiro atoms. The summed E-state index contributed by atoms with van der Waals surface area (Å²) in [6.07, 6.45) is 7.49. The topological polar surface area (TPSA) is 88.2 Å². The molecular formula is C29H37N5O2. The lowest BCUT2D eigenvalue weighted by atomic mass is 9.86. The van der Waals surface area contributed by atoms with E-state index in [1.807, 2.05) is 24.3 Å². The Hall–Kier alpha value is -3.45. The average Bonchev–Trinajstić information content (AvgIpc) is 2.88. The van der Waals surface area contributed by atoms with Gasteiger partial charge in [0.1, 0.15) is 11.6 Å². The van der Waals surface area contributed by atoms with Gasteiger partial charge in [0.2, 0.25) is 0 Å². The molecule has 1 aliphatic heterocycles. The van der Waals surface area contributed by atoms with Crippen LogP contribution in [0.2, 0.25) is 0 Å². The maximum absolute atomic E-state index is 13.3. The number of anilines is 2. The summed E-state index contributed by atoms with van der Waals surface area (Å²) in [4.78, 5) is 21.7. The molecule has 36 heavy (non-hydrogen) atoms. The summed E-state index contributed by atoms with van der Waals surface area (Å²) in [5.41, 5.74) is 3.28. The Kier molecular flexibility index (Phi) is 8.21. The van der Waals surface area contributed by atoms with Crippen molar-refractivity contribution in [3.63, 3.8) is 0 Å². The molecule has 1 saturated heterocycles. The van der Waals surface area contributed by atoms with Crippen LogP contribution < -0.4 is 20.7 Å². The molecule has 1 amide bonds. The van der Waals surface area contributed by atoms with E-state index in [0.717, 1.165) is 42.8 Å². The van der Waals surface area contributed by atoms with Gasteiger partial charge in [0.05, 0.1) is 11.7 Å². The number of pyridine rings is 2. The van der Waals surface area contributed by atoms with Crippen LogP contribution in [0.15, 0.2) is 61.1 Å². The molecular weight excluding hydrogens is 450 g/mol. The van der Waals surface area contributed by atoms with Crippen LogP contribution in [0.25, 0.3) is 0 Å². The molecule has 7 nitrogen and oxygen atoms in total. The molecule has 0 bridgehead atoms. The molecule has 4 rings (SSSR count). The van der Waals surface area contributed by atoms with Gasteiger partial charge < -0.3 is 20.7 Å². The van der Waals surface area contributed by atoms with Crippen molar-refractivity contribution in [1.29, 1.82) is 0 Å². The van der Waals surface area contributed by atoms with Crippen molar-refractivity contribution in [1.82, 2.24) is 15.3 Å². The van der Waals surface area contributed by atoms with Gasteiger partial charge in [-0.05, 0) is 85.6 Å². The van der Waals surface area contributed by atoms with E-state index in [4.69, 9.17) is 4.74 Å². The van der Waals surface area contributed by atoms with Crippen molar-refractivity contribution in [3.05, 3.63) is 77.7 Å². The zero-order chi connectivity index (χ0) is 25.5. The Morgan fingerprint density at radius 3 is 2.58 bits per heavy atom. The van der Waals surface area contributed by atoms with E-state index in [1.54, 1.807) is 30.7 Å². The Labute approximate surface area is 214 Å². The van der Waals surface area contributed by atoms with Crippen molar-refractivity contribution < 1.29 is 9.53 Å². The average molecular weight is 488 g/mol. The number of hydrogen-bond acceptors (Lipinski definition) is 6. The molecule has 1 fully saturated rings. The van der Waals surface area contributed by atoms with Crippen molar-refractivity contribution in [3.8, 4) is 5.75 Å². The molecule has 3 aromatic rings. The van der Waals surface area contributed by atoms with Gasteiger partial charge in [0.15, 0.2) is 0 Å². The van der Waals surface area contributed by atoms with Crippen LogP contribution in [0.1, 0.15) is 62.0 Å². The second-order valence-electron chi connectivity index (χ2n) is 10.4. The van der Waals surface area contributed by atoms with E-state index in [9.17, 15) is 4.79 Å². The van der Waals surface area contributed by atoms with Crippen LogP contribution >= 0.6 is 0 Å². The van der Waals surface area contributed by atoms with Crippen LogP contribution in [-0.4, -0.2) is 35.1 Å². The third-order valence-electron chi connectivity index (χ3n) is 6.67. The van der Waals surface area contributed by atoms with Crippen LogP contribution in [0.4, 0.5) is 11.5 Å². The highest BCUT2D eigenvalue weighted by atomic mass is 16.5. The van der Waals surface area contributed by atoms with Gasteiger partial charge in [-0.25, -0.2) is 4.98 Å². The zero-order valence-corrected chi connectivity index (χ0v) is 21.7. The molecule has 2 aromatic heterocycles. The van der Waals surface area contributed by atoms with Crippen LogP contribution in [0.3, 0.4) is 0 Å². The molecule has 0 aliphatic carbocycles. The van der Waals surface area contributed by atoms with Crippen LogP contribution in [-0.2, 0) is 12.0 Å². The Morgan fingerprint density at radius 2 is 1.86 bits per heavy atom. The third kappa shape index (κ3) is 6.61.